The summed E-state index contributed by atoms with van der Waals surface area (Å²) < 4.78 is 12.7. The lowest BCUT2D eigenvalue weighted by Gasteiger charge is -2.05. The van der Waals surface area contributed by atoms with Crippen molar-refractivity contribution in [3.05, 3.63) is 29.8 Å². The third-order valence-corrected chi connectivity index (χ3v) is 1.35. The summed E-state index contributed by atoms with van der Waals surface area (Å²) in [5.74, 6) is -1.88. The standard InChI is InChI=1S/C7H7FN2O2/c8-6-4(2-1-3-10-6)5(11)7(9)12/h1-3,5,11H,(H2,9,12). The van der Waals surface area contributed by atoms with Crippen LogP contribution in [0.25, 0.3) is 0 Å². The Kier molecular flexibility index (Phi) is 2.35. The highest BCUT2D eigenvalue weighted by Gasteiger charge is 2.17. The Morgan fingerprint density at radius 3 is 2.92 bits per heavy atom. The zero-order valence-electron chi connectivity index (χ0n) is 6.07. The quantitative estimate of drug-likeness (QED) is 0.600. The molecule has 1 rings (SSSR count). The molecule has 0 aliphatic carbocycles. The van der Waals surface area contributed by atoms with E-state index in [0.717, 1.165) is 0 Å². The van der Waals surface area contributed by atoms with Crippen LogP contribution in [0.5, 0.6) is 0 Å². The fraction of sp³-hybridized carbons (Fsp3) is 0.143. The second-order valence-corrected chi connectivity index (χ2v) is 2.19. The molecule has 1 amide bonds. The lowest BCUT2D eigenvalue weighted by Crippen LogP contribution is -2.22. The molecule has 0 spiro atoms. The third-order valence-electron chi connectivity index (χ3n) is 1.35. The average molecular weight is 170 g/mol. The second kappa shape index (κ2) is 3.27. The van der Waals surface area contributed by atoms with E-state index in [4.69, 9.17) is 10.8 Å². The Balaban J connectivity index is 3.02. The Bertz CT molecular complexity index is 303. The molecule has 0 fully saturated rings. The van der Waals surface area contributed by atoms with Gasteiger partial charge in [0.15, 0.2) is 6.10 Å². The topological polar surface area (TPSA) is 76.2 Å². The van der Waals surface area contributed by atoms with Crippen LogP contribution in [0.1, 0.15) is 11.7 Å². The summed E-state index contributed by atoms with van der Waals surface area (Å²) >= 11 is 0. The number of nitrogens with zero attached hydrogens (tertiary/aromatic N) is 1. The van der Waals surface area contributed by atoms with E-state index < -0.39 is 18.0 Å². The minimum atomic E-state index is -1.63. The molecule has 12 heavy (non-hydrogen) atoms. The highest BCUT2D eigenvalue weighted by molar-refractivity contribution is 5.79. The van der Waals surface area contributed by atoms with Crippen LogP contribution in [0, 0.1) is 5.95 Å². The van der Waals surface area contributed by atoms with Crippen LogP contribution in [0.15, 0.2) is 18.3 Å². The van der Waals surface area contributed by atoms with Gasteiger partial charge in [0.25, 0.3) is 5.91 Å². The molecule has 0 radical (unpaired) electrons. The molecular weight excluding hydrogens is 163 g/mol. The zero-order chi connectivity index (χ0) is 9.14. The van der Waals surface area contributed by atoms with Crippen LogP contribution in [-0.4, -0.2) is 16.0 Å². The van der Waals surface area contributed by atoms with Gasteiger partial charge in [-0.05, 0) is 12.1 Å². The van der Waals surface area contributed by atoms with E-state index in [1.54, 1.807) is 0 Å². The van der Waals surface area contributed by atoms with Crippen molar-refractivity contribution >= 4 is 5.91 Å². The van der Waals surface area contributed by atoms with Gasteiger partial charge in [0, 0.05) is 11.8 Å². The molecule has 0 aliphatic heterocycles. The number of halogens is 1. The highest BCUT2D eigenvalue weighted by Crippen LogP contribution is 2.13. The molecule has 1 unspecified atom stereocenters. The van der Waals surface area contributed by atoms with Crippen molar-refractivity contribution < 1.29 is 14.3 Å². The monoisotopic (exact) mass is 170 g/mol. The smallest absolute Gasteiger partial charge is 0.251 e. The molecule has 3 N–H and O–H groups in total. The minimum absolute atomic E-state index is 0.204. The minimum Gasteiger partial charge on any atom is -0.378 e. The fourth-order valence-corrected chi connectivity index (χ4v) is 0.756. The highest BCUT2D eigenvalue weighted by atomic mass is 19.1. The summed E-state index contributed by atoms with van der Waals surface area (Å²) in [4.78, 5) is 13.7. The normalized spacial score (nSPS) is 12.5. The summed E-state index contributed by atoms with van der Waals surface area (Å²) in [5.41, 5.74) is 4.55. The number of rotatable bonds is 2. The first-order valence-corrected chi connectivity index (χ1v) is 3.20. The molecule has 1 aromatic heterocycles. The molecule has 5 heteroatoms. The molecule has 0 saturated carbocycles. The van der Waals surface area contributed by atoms with Gasteiger partial charge in [-0.3, -0.25) is 4.79 Å². The molecule has 0 bridgehead atoms. The number of aromatic nitrogens is 1. The van der Waals surface area contributed by atoms with Crippen LogP contribution >= 0.6 is 0 Å². The first-order chi connectivity index (χ1) is 5.63. The maximum Gasteiger partial charge on any atom is 0.251 e. The number of carbonyl (C=O) groups is 1. The number of hydrogen-bond acceptors (Lipinski definition) is 3. The summed E-state index contributed by atoms with van der Waals surface area (Å²) in [6.07, 6.45) is -0.411. The van der Waals surface area contributed by atoms with E-state index in [9.17, 15) is 9.18 Å². The van der Waals surface area contributed by atoms with E-state index in [1.165, 1.54) is 18.3 Å². The number of aliphatic hydroxyl groups is 1. The maximum absolute atomic E-state index is 12.7. The molecule has 1 heterocycles. The summed E-state index contributed by atoms with van der Waals surface area (Å²) in [6, 6.07) is 2.66. The van der Waals surface area contributed by atoms with E-state index in [-0.39, 0.29) is 5.56 Å². The number of hydrogen-bond donors (Lipinski definition) is 2. The van der Waals surface area contributed by atoms with Crippen molar-refractivity contribution in [1.82, 2.24) is 4.98 Å². The van der Waals surface area contributed by atoms with E-state index >= 15 is 0 Å². The molecule has 4 nitrogen and oxygen atoms in total. The first-order valence-electron chi connectivity index (χ1n) is 3.20. The second-order valence-electron chi connectivity index (χ2n) is 2.19. The van der Waals surface area contributed by atoms with Gasteiger partial charge in [0.2, 0.25) is 5.95 Å². The zero-order valence-corrected chi connectivity index (χ0v) is 6.07. The number of nitrogens with two attached hydrogens (primary N) is 1. The Morgan fingerprint density at radius 1 is 1.75 bits per heavy atom. The Morgan fingerprint density at radius 2 is 2.42 bits per heavy atom. The number of pyridine rings is 1. The van der Waals surface area contributed by atoms with Crippen molar-refractivity contribution in [2.45, 2.75) is 6.10 Å². The van der Waals surface area contributed by atoms with Crippen molar-refractivity contribution in [2.75, 3.05) is 0 Å². The van der Waals surface area contributed by atoms with Gasteiger partial charge in [0.05, 0.1) is 0 Å². The Labute approximate surface area is 67.8 Å². The predicted molar refractivity (Wildman–Crippen MR) is 38.3 cm³/mol. The van der Waals surface area contributed by atoms with Gasteiger partial charge in [-0.15, -0.1) is 0 Å². The molecular formula is C7H7FN2O2. The number of carbonyl (C=O) groups excluding carboxylic acids is 1. The first kappa shape index (κ1) is 8.61. The van der Waals surface area contributed by atoms with Crippen LogP contribution < -0.4 is 5.73 Å². The molecule has 0 saturated heterocycles. The third kappa shape index (κ3) is 1.57. The Hall–Kier alpha value is -1.49. The number of amides is 1. The molecule has 0 aromatic carbocycles. The largest absolute Gasteiger partial charge is 0.378 e. The van der Waals surface area contributed by atoms with Gasteiger partial charge >= 0.3 is 0 Å². The maximum atomic E-state index is 12.7. The van der Waals surface area contributed by atoms with Crippen molar-refractivity contribution in [1.29, 1.82) is 0 Å². The molecule has 64 valence electrons. The average Bonchev–Trinajstić information content (AvgIpc) is 2.04. The molecule has 1 aromatic rings. The SMILES string of the molecule is NC(=O)C(O)c1cccnc1F. The van der Waals surface area contributed by atoms with Gasteiger partial charge in [-0.2, -0.15) is 4.39 Å². The van der Waals surface area contributed by atoms with Crippen LogP contribution in [-0.2, 0) is 4.79 Å². The number of aliphatic hydroxyl groups excluding tert-OH is 1. The van der Waals surface area contributed by atoms with Crippen LogP contribution in [0.3, 0.4) is 0 Å². The van der Waals surface area contributed by atoms with Gasteiger partial charge < -0.3 is 10.8 Å². The van der Waals surface area contributed by atoms with E-state index in [0.29, 0.717) is 0 Å². The van der Waals surface area contributed by atoms with Crippen molar-refractivity contribution in [2.24, 2.45) is 5.73 Å². The van der Waals surface area contributed by atoms with Gasteiger partial charge in [0.1, 0.15) is 0 Å². The van der Waals surface area contributed by atoms with Gasteiger partial charge in [-0.1, -0.05) is 0 Å². The van der Waals surface area contributed by atoms with Gasteiger partial charge in [-0.25, -0.2) is 4.98 Å². The van der Waals surface area contributed by atoms with E-state index in [2.05, 4.69) is 4.98 Å². The summed E-state index contributed by atoms with van der Waals surface area (Å²) in [6.45, 7) is 0. The lowest BCUT2D eigenvalue weighted by molar-refractivity contribution is -0.126. The van der Waals surface area contributed by atoms with Crippen LogP contribution in [0.4, 0.5) is 4.39 Å². The molecule has 1 atom stereocenters. The molecule has 0 aliphatic rings. The summed E-state index contributed by atoms with van der Waals surface area (Å²) in [5, 5.41) is 9.02. The predicted octanol–water partition coefficient (Wildman–Crippen LogP) is -0.261. The number of primary amides is 1. The van der Waals surface area contributed by atoms with E-state index in [1.807, 2.05) is 0 Å². The lowest BCUT2D eigenvalue weighted by atomic mass is 10.1. The fourth-order valence-electron chi connectivity index (χ4n) is 0.756. The summed E-state index contributed by atoms with van der Waals surface area (Å²) in [7, 11) is 0. The van der Waals surface area contributed by atoms with Crippen molar-refractivity contribution in [3.8, 4) is 0 Å². The van der Waals surface area contributed by atoms with Crippen molar-refractivity contribution in [3.63, 3.8) is 0 Å². The van der Waals surface area contributed by atoms with Crippen LogP contribution in [0.2, 0.25) is 0 Å².